The minimum absolute atomic E-state index is 0.795. The van der Waals surface area contributed by atoms with E-state index in [-0.39, 0.29) is 0 Å². The quantitative estimate of drug-likeness (QED) is 0.379. The standard InChI is InChI=1S/CHClN2O.O.Zr/c2-1(5)4-3;;/h(H,4,5);;. The van der Waals surface area contributed by atoms with Crippen LogP contribution in [0.25, 0.3) is 0 Å². The molecule has 0 atom stereocenters. The number of nitrogens with zero attached hydrogens (tertiary/aromatic N) is 1. The van der Waals surface area contributed by atoms with Gasteiger partial charge in [-0.15, -0.1) is 0 Å². The molecule has 0 rings (SSSR count). The summed E-state index contributed by atoms with van der Waals surface area (Å²) in [4.78, 5) is 9.65. The average Bonchev–Trinajstić information content (AvgIpc) is 1.61. The van der Waals surface area contributed by atoms with Crippen LogP contribution in [0.15, 0.2) is 2.98 Å². The molecule has 38 valence electrons. The number of carbonyl (C=O) groups excluding carboxylic acids is 1. The molecular weight excluding hydrogens is 199 g/mol. The number of hydrogen-bond donors (Lipinski definition) is 1. The van der Waals surface area contributed by atoms with E-state index < -0.39 is 28.4 Å². The van der Waals surface area contributed by atoms with Gasteiger partial charge in [-0.05, 0) is 0 Å². The van der Waals surface area contributed by atoms with Crippen molar-refractivity contribution in [2.45, 2.75) is 0 Å². The summed E-state index contributed by atoms with van der Waals surface area (Å²) in [5.74, 6) is 0. The first kappa shape index (κ1) is 7.24. The van der Waals surface area contributed by atoms with Crippen molar-refractivity contribution >= 4 is 17.0 Å². The van der Waals surface area contributed by atoms with Gasteiger partial charge in [-0.25, -0.2) is 0 Å². The summed E-state index contributed by atoms with van der Waals surface area (Å²) in [6.45, 7) is 0. The maximum atomic E-state index is 9.65. The zero-order chi connectivity index (χ0) is 5.70. The van der Waals surface area contributed by atoms with Crippen LogP contribution in [0.2, 0.25) is 0 Å². The average molecular weight is 200 g/mol. The van der Waals surface area contributed by atoms with Gasteiger partial charge in [0.15, 0.2) is 0 Å². The molecule has 6 heteroatoms. The SMILES string of the molecule is [O]=[Zr]=[N]NC(=O)Cl. The van der Waals surface area contributed by atoms with Crippen LogP contribution in [-0.2, 0) is 25.9 Å². The summed E-state index contributed by atoms with van der Waals surface area (Å²) < 4.78 is 12.6. The summed E-state index contributed by atoms with van der Waals surface area (Å²) in [7, 11) is 0. The van der Waals surface area contributed by atoms with Crippen LogP contribution in [0.1, 0.15) is 0 Å². The van der Waals surface area contributed by atoms with E-state index in [4.69, 9.17) is 11.6 Å². The van der Waals surface area contributed by atoms with E-state index in [0.717, 1.165) is 0 Å². The van der Waals surface area contributed by atoms with Gasteiger partial charge in [0.25, 0.3) is 0 Å². The number of halogens is 1. The molecule has 1 N–H and O–H groups in total. The molecule has 0 radical (unpaired) electrons. The van der Waals surface area contributed by atoms with Crippen molar-refractivity contribution in [2.75, 3.05) is 0 Å². The molecule has 0 aliphatic heterocycles. The van der Waals surface area contributed by atoms with Crippen LogP contribution in [0.5, 0.6) is 0 Å². The number of carbonyl (C=O) groups is 1. The molecule has 0 aromatic heterocycles. The van der Waals surface area contributed by atoms with Crippen molar-refractivity contribution in [2.24, 2.45) is 2.98 Å². The Morgan fingerprint density at radius 2 is 2.43 bits per heavy atom. The van der Waals surface area contributed by atoms with Gasteiger partial charge in [-0.3, -0.25) is 0 Å². The molecule has 0 aliphatic carbocycles. The van der Waals surface area contributed by atoms with Gasteiger partial charge < -0.3 is 0 Å². The van der Waals surface area contributed by atoms with E-state index >= 15 is 0 Å². The second-order valence-electron chi connectivity index (χ2n) is 0.589. The molecule has 0 heterocycles. The first-order chi connectivity index (χ1) is 3.27. The molecule has 0 aromatic rings. The fourth-order valence-electron chi connectivity index (χ4n) is 0.0668. The molecule has 0 fully saturated rings. The topological polar surface area (TPSA) is 58.5 Å². The summed E-state index contributed by atoms with van der Waals surface area (Å²) in [6, 6.07) is 0. The Hall–Kier alpha value is 0.243. The van der Waals surface area contributed by atoms with E-state index in [0.29, 0.717) is 0 Å². The number of nitrogens with one attached hydrogen (secondary N) is 1. The fourth-order valence-corrected chi connectivity index (χ4v) is 0.645. The summed E-state index contributed by atoms with van der Waals surface area (Å²) in [5, 5.41) is -0.795. The van der Waals surface area contributed by atoms with E-state index in [2.05, 4.69) is 2.98 Å². The van der Waals surface area contributed by atoms with E-state index in [1.54, 1.807) is 0 Å². The summed E-state index contributed by atoms with van der Waals surface area (Å²) in [5.41, 5.74) is 1.81. The fraction of sp³-hybridized carbons (Fsp3) is 0. The maximum absolute atomic E-state index is 9.65. The molecule has 0 saturated heterocycles. The van der Waals surface area contributed by atoms with E-state index in [1.807, 2.05) is 5.43 Å². The Balaban J connectivity index is 3.32. The van der Waals surface area contributed by atoms with Gasteiger partial charge in [0.1, 0.15) is 0 Å². The van der Waals surface area contributed by atoms with Crippen molar-refractivity contribution in [1.82, 2.24) is 5.43 Å². The molecule has 7 heavy (non-hydrogen) atoms. The Labute approximate surface area is 56.1 Å². The Morgan fingerprint density at radius 1 is 1.86 bits per heavy atom. The first-order valence-electron chi connectivity index (χ1n) is 1.29. The molecular formula is CHClN2O2Zr. The van der Waals surface area contributed by atoms with Crippen LogP contribution in [0.4, 0.5) is 4.79 Å². The Bertz CT molecular complexity index is 119. The zero-order valence-electron chi connectivity index (χ0n) is 3.14. The predicted octanol–water partition coefficient (Wildman–Crippen LogP) is 0.461. The molecule has 0 spiro atoms. The van der Waals surface area contributed by atoms with Gasteiger partial charge in [0.05, 0.1) is 0 Å². The van der Waals surface area contributed by atoms with Gasteiger partial charge in [-0.1, -0.05) is 0 Å². The van der Waals surface area contributed by atoms with Crippen molar-refractivity contribution in [3.05, 3.63) is 0 Å². The van der Waals surface area contributed by atoms with Crippen molar-refractivity contribution < 1.29 is 30.7 Å². The van der Waals surface area contributed by atoms with E-state index in [1.165, 1.54) is 0 Å². The summed E-state index contributed by atoms with van der Waals surface area (Å²) in [6.07, 6.45) is 0. The molecule has 4 nitrogen and oxygen atoms in total. The monoisotopic (exact) mass is 198 g/mol. The van der Waals surface area contributed by atoms with Gasteiger partial charge >= 0.3 is 56.1 Å². The summed E-state index contributed by atoms with van der Waals surface area (Å²) >= 11 is 2.81. The van der Waals surface area contributed by atoms with Crippen LogP contribution >= 0.6 is 11.6 Å². The van der Waals surface area contributed by atoms with E-state index in [9.17, 15) is 7.61 Å². The third-order valence-corrected chi connectivity index (χ3v) is 0.773. The number of rotatable bonds is 1. The Morgan fingerprint density at radius 3 is 2.57 bits per heavy atom. The molecule has 0 aromatic carbocycles. The van der Waals surface area contributed by atoms with Gasteiger partial charge in [-0.2, -0.15) is 0 Å². The predicted molar refractivity (Wildman–Crippen MR) is 17.5 cm³/mol. The number of amides is 1. The van der Waals surface area contributed by atoms with Crippen molar-refractivity contribution in [3.63, 3.8) is 0 Å². The van der Waals surface area contributed by atoms with Crippen molar-refractivity contribution in [3.8, 4) is 0 Å². The van der Waals surface area contributed by atoms with Crippen LogP contribution in [0, 0.1) is 0 Å². The van der Waals surface area contributed by atoms with Crippen LogP contribution in [-0.4, -0.2) is 5.37 Å². The number of hydrogen-bond acceptors (Lipinski definition) is 3. The second-order valence-corrected chi connectivity index (χ2v) is 1.93. The molecule has 0 aliphatic rings. The normalized spacial score (nSPS) is 6.43. The molecule has 0 bridgehead atoms. The van der Waals surface area contributed by atoms with Gasteiger partial charge in [0.2, 0.25) is 0 Å². The molecule has 0 saturated carbocycles. The second kappa shape index (κ2) is 4.40. The third kappa shape index (κ3) is 6.24. The van der Waals surface area contributed by atoms with Gasteiger partial charge in [0, 0.05) is 0 Å². The molecule has 0 unspecified atom stereocenters. The van der Waals surface area contributed by atoms with Crippen LogP contribution < -0.4 is 5.43 Å². The van der Waals surface area contributed by atoms with Crippen molar-refractivity contribution in [1.29, 1.82) is 0 Å². The zero-order valence-corrected chi connectivity index (χ0v) is 6.36. The molecule has 1 amide bonds. The Kier molecular flexibility index (Phi) is 4.56. The van der Waals surface area contributed by atoms with Crippen LogP contribution in [0.3, 0.4) is 0 Å². The minimum atomic E-state index is -1.89. The first-order valence-corrected chi connectivity index (χ1v) is 3.78. The third-order valence-electron chi connectivity index (χ3n) is 0.189.